The number of rotatable bonds is 14. The van der Waals surface area contributed by atoms with Gasteiger partial charge in [-0.25, -0.2) is 0 Å². The summed E-state index contributed by atoms with van der Waals surface area (Å²) in [5.74, 6) is 0. The second-order valence-electron chi connectivity index (χ2n) is 17.8. The van der Waals surface area contributed by atoms with Gasteiger partial charge < -0.3 is 19.6 Å². The molecule has 0 aromatic heterocycles. The topological polar surface area (TPSA) is 13.0 Å². The van der Waals surface area contributed by atoms with E-state index in [-0.39, 0.29) is 0 Å². The zero-order valence-electron chi connectivity index (χ0n) is 39.6. The van der Waals surface area contributed by atoms with Gasteiger partial charge in [-0.15, -0.1) is 0 Å². The van der Waals surface area contributed by atoms with Crippen LogP contribution in [0.5, 0.6) is 0 Å². The van der Waals surface area contributed by atoms with Gasteiger partial charge in [0.15, 0.2) is 0 Å². The third-order valence-electron chi connectivity index (χ3n) is 13.2. The predicted octanol–water partition coefficient (Wildman–Crippen LogP) is 19.1. The molecule has 0 fully saturated rings. The molecule has 4 heteroatoms. The smallest absolute Gasteiger partial charge is 0.0468 e. The number of hydrogen-bond donors (Lipinski definition) is 0. The lowest BCUT2D eigenvalue weighted by atomic mass is 10.0. The Labute approximate surface area is 412 Å². The number of benzene rings is 11. The summed E-state index contributed by atoms with van der Waals surface area (Å²) in [7, 11) is 0. The van der Waals surface area contributed by atoms with Crippen molar-refractivity contribution in [1.29, 1.82) is 0 Å². The minimum Gasteiger partial charge on any atom is -0.310 e. The first kappa shape index (κ1) is 43.7. The number of fused-ring (bicyclic) bond motifs is 2. The summed E-state index contributed by atoms with van der Waals surface area (Å²) in [6, 6.07) is 96.3. The summed E-state index contributed by atoms with van der Waals surface area (Å²) < 4.78 is 0. The van der Waals surface area contributed by atoms with Crippen LogP contribution in [0.1, 0.15) is 24.5 Å². The van der Waals surface area contributed by atoms with Crippen LogP contribution in [0.4, 0.5) is 68.2 Å². The van der Waals surface area contributed by atoms with E-state index in [1.54, 1.807) is 0 Å². The van der Waals surface area contributed by atoms with Crippen molar-refractivity contribution in [3.63, 3.8) is 0 Å². The zero-order chi connectivity index (χ0) is 47.2. The predicted molar refractivity (Wildman–Crippen MR) is 299 cm³/mol. The van der Waals surface area contributed by atoms with Crippen molar-refractivity contribution < 1.29 is 0 Å². The highest BCUT2D eigenvalue weighted by molar-refractivity contribution is 5.92. The van der Waals surface area contributed by atoms with Crippen LogP contribution in [-0.4, -0.2) is 0 Å². The average Bonchev–Trinajstić information content (AvgIpc) is 3.42. The summed E-state index contributed by atoms with van der Waals surface area (Å²) in [5.41, 5.74) is 15.8. The van der Waals surface area contributed by atoms with E-state index in [4.69, 9.17) is 0 Å². The normalized spacial score (nSPS) is 11.1. The van der Waals surface area contributed by atoms with Crippen molar-refractivity contribution in [3.05, 3.63) is 278 Å². The molecule has 0 aliphatic carbocycles. The van der Waals surface area contributed by atoms with E-state index in [1.165, 1.54) is 32.7 Å². The van der Waals surface area contributed by atoms with Gasteiger partial charge in [0.1, 0.15) is 0 Å². The summed E-state index contributed by atoms with van der Waals surface area (Å²) >= 11 is 0. The lowest BCUT2D eigenvalue weighted by Gasteiger charge is -2.30. The maximum Gasteiger partial charge on any atom is 0.0468 e. The maximum atomic E-state index is 2.36. The molecule has 0 saturated heterocycles. The number of para-hydroxylation sites is 3. The standard InChI is InChI=1S/C66H54N4/c1-3-17-50-28-31-64(46-49(50)2)68(55-22-7-4-8-23-55)61-40-34-58(35-41-61)67(59-36-42-62(43-37-59)69(56-24-9-5-10-25-56)65-32-29-51-18-13-15-20-53(51)47-65)60-38-44-63(45-39-60)70(57-26-11-6-12-27-57)66-33-30-52-19-14-16-21-54(52)48-66/h4-16,18-48H,3,17H2,1-2H3. The highest BCUT2D eigenvalue weighted by Crippen LogP contribution is 2.44. The summed E-state index contributed by atoms with van der Waals surface area (Å²) in [4.78, 5) is 9.39. The molecule has 338 valence electrons. The fourth-order valence-electron chi connectivity index (χ4n) is 9.77. The number of anilines is 12. The van der Waals surface area contributed by atoms with Gasteiger partial charge in [-0.3, -0.25) is 0 Å². The molecule has 0 heterocycles. The van der Waals surface area contributed by atoms with Crippen molar-refractivity contribution in [3.8, 4) is 0 Å². The third kappa shape index (κ3) is 8.99. The molecular formula is C66H54N4. The lowest BCUT2D eigenvalue weighted by Crippen LogP contribution is -2.14. The van der Waals surface area contributed by atoms with Gasteiger partial charge in [0.25, 0.3) is 0 Å². The minimum absolute atomic E-state index is 1.05. The van der Waals surface area contributed by atoms with Gasteiger partial charge in [0.05, 0.1) is 0 Å². The lowest BCUT2D eigenvalue weighted by molar-refractivity contribution is 0.912. The quantitative estimate of drug-likeness (QED) is 0.108. The Balaban J connectivity index is 1.01. The first-order chi connectivity index (χ1) is 34.6. The van der Waals surface area contributed by atoms with Crippen LogP contribution in [0.2, 0.25) is 0 Å². The molecule has 11 aromatic carbocycles. The van der Waals surface area contributed by atoms with Crippen LogP contribution in [0, 0.1) is 6.92 Å². The van der Waals surface area contributed by atoms with E-state index in [9.17, 15) is 0 Å². The molecule has 11 rings (SSSR count). The Morgan fingerprint density at radius 3 is 0.829 bits per heavy atom. The molecule has 70 heavy (non-hydrogen) atoms. The van der Waals surface area contributed by atoms with E-state index < -0.39 is 0 Å². The van der Waals surface area contributed by atoms with E-state index in [1.807, 2.05) is 0 Å². The van der Waals surface area contributed by atoms with Crippen LogP contribution in [0.3, 0.4) is 0 Å². The zero-order valence-corrected chi connectivity index (χ0v) is 39.6. The second kappa shape index (κ2) is 19.8. The van der Waals surface area contributed by atoms with Crippen molar-refractivity contribution in [2.45, 2.75) is 26.7 Å². The number of hydrogen-bond acceptors (Lipinski definition) is 4. The molecule has 0 N–H and O–H groups in total. The molecule has 11 aromatic rings. The van der Waals surface area contributed by atoms with Crippen LogP contribution in [-0.2, 0) is 6.42 Å². The first-order valence-electron chi connectivity index (χ1n) is 24.3. The molecule has 0 amide bonds. The van der Waals surface area contributed by atoms with Gasteiger partial charge in [-0.2, -0.15) is 0 Å². The highest BCUT2D eigenvalue weighted by Gasteiger charge is 2.20. The van der Waals surface area contributed by atoms with Gasteiger partial charge in [-0.05, 0) is 192 Å². The summed E-state index contributed by atoms with van der Waals surface area (Å²) in [6.45, 7) is 4.48. The first-order valence-corrected chi connectivity index (χ1v) is 24.3. The van der Waals surface area contributed by atoms with Gasteiger partial charge in [0.2, 0.25) is 0 Å². The Bertz CT molecular complexity index is 3340. The van der Waals surface area contributed by atoms with Crippen LogP contribution < -0.4 is 19.6 Å². The van der Waals surface area contributed by atoms with Gasteiger partial charge >= 0.3 is 0 Å². The monoisotopic (exact) mass is 902 g/mol. The molecule has 0 aliphatic heterocycles. The second-order valence-corrected chi connectivity index (χ2v) is 17.8. The Hall–Kier alpha value is -8.86. The molecule has 0 saturated carbocycles. The van der Waals surface area contributed by atoms with Crippen molar-refractivity contribution >= 4 is 89.8 Å². The fraction of sp³-hybridized carbons (Fsp3) is 0.0606. The van der Waals surface area contributed by atoms with Crippen LogP contribution >= 0.6 is 0 Å². The minimum atomic E-state index is 1.05. The molecule has 0 atom stereocenters. The Morgan fingerprint density at radius 1 is 0.243 bits per heavy atom. The number of aryl methyl sites for hydroxylation is 2. The molecular weight excluding hydrogens is 849 g/mol. The molecule has 0 bridgehead atoms. The molecule has 0 aliphatic rings. The van der Waals surface area contributed by atoms with Gasteiger partial charge in [-0.1, -0.05) is 135 Å². The molecule has 4 nitrogen and oxygen atoms in total. The van der Waals surface area contributed by atoms with E-state index >= 15 is 0 Å². The van der Waals surface area contributed by atoms with Crippen molar-refractivity contribution in [1.82, 2.24) is 0 Å². The van der Waals surface area contributed by atoms with Crippen molar-refractivity contribution in [2.24, 2.45) is 0 Å². The van der Waals surface area contributed by atoms with Gasteiger partial charge in [0, 0.05) is 68.2 Å². The van der Waals surface area contributed by atoms with E-state index in [0.717, 1.165) is 81.1 Å². The highest BCUT2D eigenvalue weighted by atomic mass is 15.2. The average molecular weight is 903 g/mol. The summed E-state index contributed by atoms with van der Waals surface area (Å²) in [5, 5.41) is 4.85. The Morgan fingerprint density at radius 2 is 0.500 bits per heavy atom. The third-order valence-corrected chi connectivity index (χ3v) is 13.2. The van der Waals surface area contributed by atoms with E-state index in [2.05, 4.69) is 300 Å². The largest absolute Gasteiger partial charge is 0.310 e. The van der Waals surface area contributed by atoms with Crippen molar-refractivity contribution in [2.75, 3.05) is 19.6 Å². The molecule has 0 unspecified atom stereocenters. The summed E-state index contributed by atoms with van der Waals surface area (Å²) in [6.07, 6.45) is 2.20. The van der Waals surface area contributed by atoms with Crippen LogP contribution in [0.15, 0.2) is 267 Å². The Kier molecular flexibility index (Phi) is 12.3. The number of nitrogens with zero attached hydrogens (tertiary/aromatic N) is 4. The van der Waals surface area contributed by atoms with Crippen LogP contribution in [0.25, 0.3) is 21.5 Å². The fourth-order valence-corrected chi connectivity index (χ4v) is 9.77. The molecule has 0 spiro atoms. The SMILES string of the molecule is CCCc1ccc(N(c2ccccc2)c2ccc(N(c3ccc(N(c4ccccc4)c4ccc5ccccc5c4)cc3)c3ccc(N(c4ccccc4)c4ccc5ccccc5c4)cc3)cc2)cc1C. The van der Waals surface area contributed by atoms with E-state index in [0.29, 0.717) is 0 Å². The molecule has 0 radical (unpaired) electrons. The maximum absolute atomic E-state index is 2.36.